The van der Waals surface area contributed by atoms with Gasteiger partial charge in [0.1, 0.15) is 12.6 Å². The standard InChI is InChI=1S/C26H33ClN2O5S/c1-5-17-35(31,32)29-25(19(2)3)26(30)28-15-14-21-10-13-23(24(18-21)33-4)34-16-6-7-20-8-11-22(27)12-9-20/h8-13,18-19,25,29H,5,14-17H2,1-4H3,(H,28,30). The normalized spacial score (nSPS) is 11.9. The van der Waals surface area contributed by atoms with Crippen LogP contribution < -0.4 is 19.5 Å². The minimum Gasteiger partial charge on any atom is -0.493 e. The summed E-state index contributed by atoms with van der Waals surface area (Å²) in [5.74, 6) is 6.57. The number of benzene rings is 2. The first kappa shape index (κ1) is 28.5. The zero-order valence-electron chi connectivity index (χ0n) is 20.6. The van der Waals surface area contributed by atoms with Gasteiger partial charge in [-0.25, -0.2) is 13.1 Å². The van der Waals surface area contributed by atoms with Gasteiger partial charge in [-0.3, -0.25) is 4.79 Å². The van der Waals surface area contributed by atoms with Crippen LogP contribution in [0.3, 0.4) is 0 Å². The van der Waals surface area contributed by atoms with Crippen molar-refractivity contribution in [2.45, 2.75) is 39.7 Å². The molecule has 0 aliphatic carbocycles. The first-order chi connectivity index (χ1) is 16.6. The van der Waals surface area contributed by atoms with E-state index in [-0.39, 0.29) is 24.2 Å². The third-order valence-electron chi connectivity index (χ3n) is 5.05. The fraction of sp³-hybridized carbons (Fsp3) is 0.423. The average Bonchev–Trinajstić information content (AvgIpc) is 2.81. The Hall–Kier alpha value is -2.73. The van der Waals surface area contributed by atoms with E-state index in [1.54, 1.807) is 32.2 Å². The second kappa shape index (κ2) is 14.0. The molecule has 0 heterocycles. The van der Waals surface area contributed by atoms with Gasteiger partial charge in [0, 0.05) is 17.1 Å². The SMILES string of the molecule is CCCS(=O)(=O)NC(C(=O)NCCc1ccc(OCC#Cc2ccc(Cl)cc2)c(OC)c1)C(C)C. The molecule has 0 radical (unpaired) electrons. The topological polar surface area (TPSA) is 93.7 Å². The molecule has 2 aromatic rings. The Morgan fingerprint density at radius 1 is 1.11 bits per heavy atom. The summed E-state index contributed by atoms with van der Waals surface area (Å²) in [5, 5.41) is 3.49. The molecular formula is C26H33ClN2O5S. The van der Waals surface area contributed by atoms with Gasteiger partial charge in [-0.2, -0.15) is 0 Å². The van der Waals surface area contributed by atoms with E-state index in [1.165, 1.54) is 0 Å². The molecule has 0 bridgehead atoms. The Kier molecular flexibility index (Phi) is 11.4. The lowest BCUT2D eigenvalue weighted by molar-refractivity contribution is -0.123. The number of amides is 1. The maximum Gasteiger partial charge on any atom is 0.238 e. The number of nitrogens with one attached hydrogen (secondary N) is 2. The fourth-order valence-corrected chi connectivity index (χ4v) is 4.77. The van der Waals surface area contributed by atoms with E-state index < -0.39 is 16.1 Å². The molecular weight excluding hydrogens is 488 g/mol. The lowest BCUT2D eigenvalue weighted by atomic mass is 10.0. The van der Waals surface area contributed by atoms with E-state index in [9.17, 15) is 13.2 Å². The second-order valence-corrected chi connectivity index (χ2v) is 10.6. The molecule has 0 spiro atoms. The smallest absolute Gasteiger partial charge is 0.238 e. The van der Waals surface area contributed by atoms with Crippen molar-refractivity contribution in [3.8, 4) is 23.3 Å². The highest BCUT2D eigenvalue weighted by Gasteiger charge is 2.26. The van der Waals surface area contributed by atoms with E-state index in [1.807, 2.05) is 38.1 Å². The number of carbonyl (C=O) groups excluding carboxylic acids is 1. The summed E-state index contributed by atoms with van der Waals surface area (Å²) in [7, 11) is -1.94. The van der Waals surface area contributed by atoms with Gasteiger partial charge in [0.2, 0.25) is 15.9 Å². The van der Waals surface area contributed by atoms with Gasteiger partial charge < -0.3 is 14.8 Å². The average molecular weight is 521 g/mol. The molecule has 1 amide bonds. The first-order valence-electron chi connectivity index (χ1n) is 11.5. The summed E-state index contributed by atoms with van der Waals surface area (Å²) in [4.78, 5) is 12.6. The summed E-state index contributed by atoms with van der Waals surface area (Å²) in [6.07, 6.45) is 1.03. The van der Waals surface area contributed by atoms with Gasteiger partial charge in [0.05, 0.1) is 12.9 Å². The molecule has 1 unspecified atom stereocenters. The maximum atomic E-state index is 12.6. The molecule has 7 nitrogen and oxygen atoms in total. The van der Waals surface area contributed by atoms with Gasteiger partial charge >= 0.3 is 0 Å². The molecule has 2 N–H and O–H groups in total. The highest BCUT2D eigenvalue weighted by atomic mass is 35.5. The molecule has 0 fully saturated rings. The van der Waals surface area contributed by atoms with E-state index in [2.05, 4.69) is 21.9 Å². The molecule has 0 saturated carbocycles. The van der Waals surface area contributed by atoms with Crippen LogP contribution in [0, 0.1) is 17.8 Å². The second-order valence-electron chi connectivity index (χ2n) is 8.28. The predicted octanol–water partition coefficient (Wildman–Crippen LogP) is 3.79. The molecule has 2 aromatic carbocycles. The van der Waals surface area contributed by atoms with Crippen LogP contribution in [0.4, 0.5) is 0 Å². The number of halogens is 1. The molecule has 190 valence electrons. The van der Waals surface area contributed by atoms with Crippen molar-refractivity contribution in [2.75, 3.05) is 26.0 Å². The van der Waals surface area contributed by atoms with Crippen LogP contribution in [0.2, 0.25) is 5.02 Å². The summed E-state index contributed by atoms with van der Waals surface area (Å²) in [6.45, 7) is 5.94. The summed E-state index contributed by atoms with van der Waals surface area (Å²) >= 11 is 5.87. The van der Waals surface area contributed by atoms with Crippen LogP contribution in [0.1, 0.15) is 38.3 Å². The number of methoxy groups -OCH3 is 1. The quantitative estimate of drug-likeness (QED) is 0.415. The Labute approximate surface area is 213 Å². The van der Waals surface area contributed by atoms with Crippen LogP contribution >= 0.6 is 11.6 Å². The van der Waals surface area contributed by atoms with Crippen molar-refractivity contribution in [2.24, 2.45) is 5.92 Å². The monoisotopic (exact) mass is 520 g/mol. The van der Waals surface area contributed by atoms with Crippen LogP contribution in [-0.2, 0) is 21.2 Å². The van der Waals surface area contributed by atoms with Crippen molar-refractivity contribution in [3.63, 3.8) is 0 Å². The highest BCUT2D eigenvalue weighted by molar-refractivity contribution is 7.89. The van der Waals surface area contributed by atoms with Crippen LogP contribution in [0.15, 0.2) is 42.5 Å². The van der Waals surface area contributed by atoms with E-state index in [0.717, 1.165) is 11.1 Å². The summed E-state index contributed by atoms with van der Waals surface area (Å²) < 4.78 is 37.9. The number of ether oxygens (including phenoxy) is 2. The van der Waals surface area contributed by atoms with Crippen molar-refractivity contribution < 1.29 is 22.7 Å². The summed E-state index contributed by atoms with van der Waals surface area (Å²) in [5.41, 5.74) is 1.79. The number of carbonyl (C=O) groups is 1. The van der Waals surface area contributed by atoms with Crippen LogP contribution in [0.25, 0.3) is 0 Å². The number of sulfonamides is 1. The van der Waals surface area contributed by atoms with Crippen molar-refractivity contribution in [1.82, 2.24) is 10.0 Å². The molecule has 0 saturated heterocycles. The Morgan fingerprint density at radius 3 is 2.46 bits per heavy atom. The van der Waals surface area contributed by atoms with Crippen LogP contribution in [0.5, 0.6) is 11.5 Å². The van der Waals surface area contributed by atoms with Gasteiger partial charge in [0.15, 0.2) is 11.5 Å². The molecule has 2 rings (SSSR count). The van der Waals surface area contributed by atoms with E-state index >= 15 is 0 Å². The van der Waals surface area contributed by atoms with Crippen molar-refractivity contribution in [3.05, 3.63) is 58.6 Å². The molecule has 35 heavy (non-hydrogen) atoms. The van der Waals surface area contributed by atoms with Crippen molar-refractivity contribution >= 4 is 27.5 Å². The highest BCUT2D eigenvalue weighted by Crippen LogP contribution is 2.28. The molecule has 0 aromatic heterocycles. The predicted molar refractivity (Wildman–Crippen MR) is 139 cm³/mol. The van der Waals surface area contributed by atoms with Gasteiger partial charge in [-0.15, -0.1) is 0 Å². The Balaban J connectivity index is 1.91. The van der Waals surface area contributed by atoms with E-state index in [4.69, 9.17) is 21.1 Å². The van der Waals surface area contributed by atoms with Crippen LogP contribution in [-0.4, -0.2) is 46.4 Å². The lowest BCUT2D eigenvalue weighted by Gasteiger charge is -2.21. The van der Waals surface area contributed by atoms with Crippen molar-refractivity contribution in [1.29, 1.82) is 0 Å². The van der Waals surface area contributed by atoms with E-state index in [0.29, 0.717) is 35.9 Å². The third kappa shape index (κ3) is 9.81. The molecule has 0 aliphatic heterocycles. The zero-order chi connectivity index (χ0) is 25.8. The Morgan fingerprint density at radius 2 is 1.83 bits per heavy atom. The number of hydrogen-bond donors (Lipinski definition) is 2. The molecule has 0 aliphatic rings. The largest absolute Gasteiger partial charge is 0.493 e. The van der Waals surface area contributed by atoms with Gasteiger partial charge in [-0.05, 0) is 60.7 Å². The Bertz CT molecular complexity index is 1140. The minimum absolute atomic E-state index is 0.00950. The number of hydrogen-bond acceptors (Lipinski definition) is 5. The first-order valence-corrected chi connectivity index (χ1v) is 13.5. The zero-order valence-corrected chi connectivity index (χ0v) is 22.1. The maximum absolute atomic E-state index is 12.6. The van der Waals surface area contributed by atoms with Gasteiger partial charge in [-0.1, -0.05) is 50.3 Å². The molecule has 1 atom stereocenters. The van der Waals surface area contributed by atoms with Gasteiger partial charge in [0.25, 0.3) is 0 Å². The fourth-order valence-electron chi connectivity index (χ4n) is 3.23. The lowest BCUT2D eigenvalue weighted by Crippen LogP contribution is -2.50. The minimum atomic E-state index is -3.50. The molecule has 9 heteroatoms. The summed E-state index contributed by atoms with van der Waals surface area (Å²) in [6, 6.07) is 12.0. The number of rotatable bonds is 12. The third-order valence-corrected chi connectivity index (χ3v) is 6.86.